The van der Waals surface area contributed by atoms with Gasteiger partial charge in [0.25, 0.3) is 0 Å². The Balaban J connectivity index is 3.32. The van der Waals surface area contributed by atoms with Gasteiger partial charge in [-0.15, -0.1) is 0 Å². The van der Waals surface area contributed by atoms with Crippen molar-refractivity contribution in [3.63, 3.8) is 0 Å². The lowest BCUT2D eigenvalue weighted by Gasteiger charge is -1.97. The minimum absolute atomic E-state index is 0.0298. The van der Waals surface area contributed by atoms with Gasteiger partial charge >= 0.3 is 0 Å². The minimum Gasteiger partial charge on any atom is -0.222 e. The van der Waals surface area contributed by atoms with Crippen LogP contribution in [0.3, 0.4) is 0 Å². The molecule has 1 aromatic rings. The maximum atomic E-state index is 8.10. The maximum absolute atomic E-state index is 8.10. The van der Waals surface area contributed by atoms with Gasteiger partial charge in [0.2, 0.25) is 0 Å². The van der Waals surface area contributed by atoms with Crippen molar-refractivity contribution in [1.29, 1.82) is 0 Å². The molecular formula is C5HCl3N4. The number of nitrogens with zero attached hydrogens (tertiary/aromatic N) is 4. The zero-order valence-electron chi connectivity index (χ0n) is 5.50. The van der Waals surface area contributed by atoms with E-state index in [1.54, 1.807) is 0 Å². The first kappa shape index (κ1) is 9.42. The van der Waals surface area contributed by atoms with Crippen molar-refractivity contribution < 1.29 is 0 Å². The molecule has 0 amide bonds. The fourth-order valence-corrected chi connectivity index (χ4v) is 1.06. The molecule has 1 rings (SSSR count). The Hall–Kier alpha value is -0.670. The topological polar surface area (TPSA) is 61.7 Å². The van der Waals surface area contributed by atoms with Crippen LogP contribution in [0.15, 0.2) is 11.2 Å². The molecule has 0 bridgehead atoms. The molecule has 0 unspecified atom stereocenters. The van der Waals surface area contributed by atoms with E-state index in [1.807, 2.05) is 0 Å². The average molecular weight is 223 g/mol. The van der Waals surface area contributed by atoms with Crippen LogP contribution >= 0.6 is 34.8 Å². The van der Waals surface area contributed by atoms with Crippen molar-refractivity contribution >= 4 is 40.5 Å². The van der Waals surface area contributed by atoms with Crippen LogP contribution < -0.4 is 0 Å². The maximum Gasteiger partial charge on any atom is 0.149 e. The Bertz CT molecular complexity index is 358. The van der Waals surface area contributed by atoms with Crippen LogP contribution in [0.5, 0.6) is 0 Å². The predicted octanol–water partition coefficient (Wildman–Crippen LogP) is 3.98. The molecule has 0 radical (unpaired) electrons. The van der Waals surface area contributed by atoms with E-state index >= 15 is 0 Å². The van der Waals surface area contributed by atoms with E-state index < -0.39 is 0 Å². The first-order valence-electron chi connectivity index (χ1n) is 2.72. The molecule has 0 fully saturated rings. The van der Waals surface area contributed by atoms with Crippen LogP contribution in [0.1, 0.15) is 0 Å². The van der Waals surface area contributed by atoms with E-state index in [0.29, 0.717) is 0 Å². The molecule has 0 atom stereocenters. The van der Waals surface area contributed by atoms with E-state index in [4.69, 9.17) is 40.3 Å². The fourth-order valence-electron chi connectivity index (χ4n) is 0.554. The smallest absolute Gasteiger partial charge is 0.149 e. The van der Waals surface area contributed by atoms with Crippen LogP contribution in [0.25, 0.3) is 10.4 Å². The van der Waals surface area contributed by atoms with Gasteiger partial charge in [-0.1, -0.05) is 39.9 Å². The van der Waals surface area contributed by atoms with Crippen LogP contribution in [0.2, 0.25) is 15.3 Å². The first-order chi connectivity index (χ1) is 5.65. The van der Waals surface area contributed by atoms with Crippen molar-refractivity contribution in [2.75, 3.05) is 0 Å². The summed E-state index contributed by atoms with van der Waals surface area (Å²) in [7, 11) is 0. The summed E-state index contributed by atoms with van der Waals surface area (Å²) in [6.07, 6.45) is 0. The van der Waals surface area contributed by atoms with Crippen molar-refractivity contribution in [1.82, 2.24) is 4.98 Å². The molecule has 12 heavy (non-hydrogen) atoms. The van der Waals surface area contributed by atoms with Crippen molar-refractivity contribution in [2.24, 2.45) is 5.11 Å². The Morgan fingerprint density at radius 1 is 1.33 bits per heavy atom. The average Bonchev–Trinajstić information content (AvgIpc) is 2.01. The third-order valence-corrected chi connectivity index (χ3v) is 1.97. The molecule has 1 heterocycles. The summed E-state index contributed by atoms with van der Waals surface area (Å²) in [6.45, 7) is 0. The molecule has 0 aliphatic carbocycles. The highest BCUT2D eigenvalue weighted by atomic mass is 35.5. The number of pyridine rings is 1. The van der Waals surface area contributed by atoms with Gasteiger partial charge in [-0.2, -0.15) is 0 Å². The lowest BCUT2D eigenvalue weighted by molar-refractivity contribution is 1.30. The van der Waals surface area contributed by atoms with Crippen molar-refractivity contribution in [2.45, 2.75) is 0 Å². The normalized spacial score (nSPS) is 9.25. The summed E-state index contributed by atoms with van der Waals surface area (Å²) in [5, 5.41) is 3.56. The van der Waals surface area contributed by atoms with E-state index in [9.17, 15) is 0 Å². The molecule has 4 nitrogen and oxygen atoms in total. The predicted molar refractivity (Wildman–Crippen MR) is 48.1 cm³/mol. The zero-order chi connectivity index (χ0) is 9.14. The standard InChI is InChI=1S/C5HCl3N4/c6-2-1-3(11-12-9)5(8)10-4(2)7/h1H. The highest BCUT2D eigenvalue weighted by Gasteiger charge is 2.05. The van der Waals surface area contributed by atoms with Crippen LogP contribution in [-0.4, -0.2) is 4.98 Å². The van der Waals surface area contributed by atoms with Crippen molar-refractivity contribution in [3.05, 3.63) is 31.8 Å². The molecule has 62 valence electrons. The molecule has 1 aromatic heterocycles. The van der Waals surface area contributed by atoms with Gasteiger partial charge in [-0.3, -0.25) is 0 Å². The SMILES string of the molecule is [N-]=[N+]=Nc1cc(Cl)c(Cl)nc1Cl. The number of azide groups is 1. The second-order valence-corrected chi connectivity index (χ2v) is 2.88. The summed E-state index contributed by atoms with van der Waals surface area (Å²) in [6, 6.07) is 1.35. The van der Waals surface area contributed by atoms with Gasteiger partial charge in [0.1, 0.15) is 10.3 Å². The Morgan fingerprint density at radius 3 is 2.58 bits per heavy atom. The third-order valence-electron chi connectivity index (χ3n) is 1.02. The monoisotopic (exact) mass is 222 g/mol. The Labute approximate surface area is 82.7 Å². The molecule has 0 saturated heterocycles. The molecule has 0 aromatic carbocycles. The molecule has 0 spiro atoms. The highest BCUT2D eigenvalue weighted by Crippen LogP contribution is 2.30. The molecule has 7 heteroatoms. The summed E-state index contributed by atoms with van der Waals surface area (Å²) >= 11 is 16.7. The number of hydrogen-bond acceptors (Lipinski definition) is 2. The molecule has 0 N–H and O–H groups in total. The minimum atomic E-state index is 0.0298. The number of halogens is 3. The summed E-state index contributed by atoms with van der Waals surface area (Å²) in [5.74, 6) is 0. The lowest BCUT2D eigenvalue weighted by atomic mass is 10.4. The quantitative estimate of drug-likeness (QED) is 0.307. The number of rotatable bonds is 1. The number of hydrogen-bond donors (Lipinski definition) is 0. The Morgan fingerprint density at radius 2 is 2.00 bits per heavy atom. The molecule has 0 aliphatic rings. The van der Waals surface area contributed by atoms with E-state index in [2.05, 4.69) is 15.0 Å². The van der Waals surface area contributed by atoms with E-state index in [-0.39, 0.29) is 21.0 Å². The van der Waals surface area contributed by atoms with Gasteiger partial charge in [0.15, 0.2) is 0 Å². The van der Waals surface area contributed by atoms with Gasteiger partial charge in [0, 0.05) is 4.91 Å². The van der Waals surface area contributed by atoms with Crippen molar-refractivity contribution in [3.8, 4) is 0 Å². The van der Waals surface area contributed by atoms with Gasteiger partial charge in [-0.05, 0) is 11.6 Å². The number of aromatic nitrogens is 1. The second-order valence-electron chi connectivity index (χ2n) is 1.76. The van der Waals surface area contributed by atoms with Crippen LogP contribution in [-0.2, 0) is 0 Å². The summed E-state index contributed by atoms with van der Waals surface area (Å²) in [4.78, 5) is 6.16. The summed E-state index contributed by atoms with van der Waals surface area (Å²) < 4.78 is 0. The highest BCUT2D eigenvalue weighted by molar-refractivity contribution is 6.42. The van der Waals surface area contributed by atoms with Gasteiger partial charge < -0.3 is 0 Å². The zero-order valence-corrected chi connectivity index (χ0v) is 7.77. The lowest BCUT2D eigenvalue weighted by Crippen LogP contribution is -1.78. The third kappa shape index (κ3) is 1.93. The molecular weight excluding hydrogens is 222 g/mol. The largest absolute Gasteiger partial charge is 0.222 e. The summed E-state index contributed by atoms with van der Waals surface area (Å²) in [5.41, 5.74) is 8.26. The van der Waals surface area contributed by atoms with Crippen LogP contribution in [0.4, 0.5) is 5.69 Å². The molecule has 0 aliphatic heterocycles. The first-order valence-corrected chi connectivity index (χ1v) is 3.85. The van der Waals surface area contributed by atoms with Crippen LogP contribution in [0, 0.1) is 0 Å². The second kappa shape index (κ2) is 3.83. The van der Waals surface area contributed by atoms with E-state index in [1.165, 1.54) is 6.07 Å². The Kier molecular flexibility index (Phi) is 3.00. The fraction of sp³-hybridized carbons (Fsp3) is 0. The van der Waals surface area contributed by atoms with Gasteiger partial charge in [0.05, 0.1) is 10.7 Å². The van der Waals surface area contributed by atoms with E-state index in [0.717, 1.165) is 0 Å². The molecule has 0 saturated carbocycles. The van der Waals surface area contributed by atoms with Gasteiger partial charge in [-0.25, -0.2) is 4.98 Å².